The summed E-state index contributed by atoms with van der Waals surface area (Å²) >= 11 is 0. The van der Waals surface area contributed by atoms with Crippen molar-refractivity contribution in [1.29, 1.82) is 0 Å². The molecule has 0 unspecified atom stereocenters. The van der Waals surface area contributed by atoms with Gasteiger partial charge in [-0.25, -0.2) is 4.98 Å². The summed E-state index contributed by atoms with van der Waals surface area (Å²) in [6, 6.07) is 7.88. The van der Waals surface area contributed by atoms with Gasteiger partial charge in [0.1, 0.15) is 5.82 Å². The van der Waals surface area contributed by atoms with Gasteiger partial charge in [0, 0.05) is 24.0 Å². The van der Waals surface area contributed by atoms with E-state index in [0.29, 0.717) is 5.92 Å². The highest BCUT2D eigenvalue weighted by Gasteiger charge is 2.09. The number of rotatable bonds is 3. The van der Waals surface area contributed by atoms with Crippen LogP contribution in [-0.4, -0.2) is 9.55 Å². The fraction of sp³-hybridized carbons (Fsp3) is 0.357. The standard InChI is InChI=1S/C14H19N3/c1-10(2)8-17-9-11(3)16-14(17)12-5-4-6-13(15)7-12/h4-7,9-10H,8,15H2,1-3H3. The molecule has 0 fully saturated rings. The van der Waals surface area contributed by atoms with Gasteiger partial charge < -0.3 is 10.3 Å². The van der Waals surface area contributed by atoms with Gasteiger partial charge >= 0.3 is 0 Å². The predicted molar refractivity (Wildman–Crippen MR) is 71.7 cm³/mol. The van der Waals surface area contributed by atoms with Crippen molar-refractivity contribution < 1.29 is 0 Å². The largest absolute Gasteiger partial charge is 0.399 e. The summed E-state index contributed by atoms with van der Waals surface area (Å²) in [4.78, 5) is 4.58. The Morgan fingerprint density at radius 3 is 2.76 bits per heavy atom. The van der Waals surface area contributed by atoms with Crippen molar-refractivity contribution in [3.05, 3.63) is 36.2 Å². The van der Waals surface area contributed by atoms with Crippen molar-refractivity contribution in [1.82, 2.24) is 9.55 Å². The first-order valence-electron chi connectivity index (χ1n) is 5.96. The molecule has 90 valence electrons. The first-order valence-corrected chi connectivity index (χ1v) is 5.96. The van der Waals surface area contributed by atoms with E-state index in [-0.39, 0.29) is 0 Å². The van der Waals surface area contributed by atoms with E-state index in [0.717, 1.165) is 29.3 Å². The lowest BCUT2D eigenvalue weighted by atomic mass is 10.1. The van der Waals surface area contributed by atoms with Crippen molar-refractivity contribution in [2.75, 3.05) is 5.73 Å². The third-order valence-electron chi connectivity index (χ3n) is 2.60. The van der Waals surface area contributed by atoms with E-state index in [1.165, 1.54) is 0 Å². The second-order valence-corrected chi connectivity index (χ2v) is 4.88. The highest BCUT2D eigenvalue weighted by atomic mass is 15.1. The zero-order valence-corrected chi connectivity index (χ0v) is 10.6. The Hall–Kier alpha value is -1.77. The molecule has 0 bridgehead atoms. The van der Waals surface area contributed by atoms with E-state index >= 15 is 0 Å². The number of nitrogen functional groups attached to an aromatic ring is 1. The number of nitrogens with zero attached hydrogens (tertiary/aromatic N) is 2. The van der Waals surface area contributed by atoms with Crippen molar-refractivity contribution in [2.24, 2.45) is 5.92 Å². The minimum atomic E-state index is 0.600. The van der Waals surface area contributed by atoms with Crippen LogP contribution < -0.4 is 5.73 Å². The van der Waals surface area contributed by atoms with Gasteiger partial charge in [0.25, 0.3) is 0 Å². The molecule has 2 aromatic rings. The Morgan fingerprint density at radius 2 is 2.12 bits per heavy atom. The van der Waals surface area contributed by atoms with Crippen molar-refractivity contribution in [3.8, 4) is 11.4 Å². The van der Waals surface area contributed by atoms with Crippen LogP contribution in [0.2, 0.25) is 0 Å². The van der Waals surface area contributed by atoms with E-state index in [9.17, 15) is 0 Å². The zero-order valence-electron chi connectivity index (χ0n) is 10.6. The molecule has 1 aromatic carbocycles. The Balaban J connectivity index is 2.44. The molecule has 0 aliphatic heterocycles. The second-order valence-electron chi connectivity index (χ2n) is 4.88. The van der Waals surface area contributed by atoms with Crippen LogP contribution >= 0.6 is 0 Å². The highest BCUT2D eigenvalue weighted by molar-refractivity contribution is 5.61. The molecule has 3 nitrogen and oxygen atoms in total. The molecule has 0 amide bonds. The van der Waals surface area contributed by atoms with E-state index in [1.54, 1.807) is 0 Å². The minimum Gasteiger partial charge on any atom is -0.399 e. The quantitative estimate of drug-likeness (QED) is 0.822. The molecule has 0 aliphatic rings. The van der Waals surface area contributed by atoms with E-state index < -0.39 is 0 Å². The van der Waals surface area contributed by atoms with Crippen LogP contribution in [0, 0.1) is 12.8 Å². The first-order chi connectivity index (χ1) is 8.06. The molecule has 0 spiro atoms. The SMILES string of the molecule is Cc1cn(CC(C)C)c(-c2cccc(N)c2)n1. The predicted octanol–water partition coefficient (Wildman–Crippen LogP) is 3.10. The minimum absolute atomic E-state index is 0.600. The maximum atomic E-state index is 5.82. The fourth-order valence-electron chi connectivity index (χ4n) is 1.99. The summed E-state index contributed by atoms with van der Waals surface area (Å²) in [5.74, 6) is 1.60. The maximum absolute atomic E-state index is 5.82. The monoisotopic (exact) mass is 229 g/mol. The molecule has 17 heavy (non-hydrogen) atoms. The van der Waals surface area contributed by atoms with Gasteiger partial charge in [-0.2, -0.15) is 0 Å². The summed E-state index contributed by atoms with van der Waals surface area (Å²) < 4.78 is 2.20. The summed E-state index contributed by atoms with van der Waals surface area (Å²) in [5.41, 5.74) is 8.72. The van der Waals surface area contributed by atoms with Crippen LogP contribution in [0.5, 0.6) is 0 Å². The van der Waals surface area contributed by atoms with Crippen LogP contribution in [0.25, 0.3) is 11.4 Å². The first kappa shape index (κ1) is 11.7. The summed E-state index contributed by atoms with van der Waals surface area (Å²) in [5, 5.41) is 0. The number of aromatic nitrogens is 2. The van der Waals surface area contributed by atoms with Gasteiger partial charge in [-0.3, -0.25) is 0 Å². The Kier molecular flexibility index (Phi) is 3.18. The third-order valence-corrected chi connectivity index (χ3v) is 2.60. The number of imidazole rings is 1. The lowest BCUT2D eigenvalue weighted by molar-refractivity contribution is 0.526. The molecule has 0 saturated carbocycles. The second kappa shape index (κ2) is 4.62. The Bertz CT molecular complexity index is 512. The number of aryl methyl sites for hydroxylation is 1. The average molecular weight is 229 g/mol. The highest BCUT2D eigenvalue weighted by Crippen LogP contribution is 2.22. The van der Waals surface area contributed by atoms with Gasteiger partial charge in [-0.05, 0) is 25.0 Å². The fourth-order valence-corrected chi connectivity index (χ4v) is 1.99. The van der Waals surface area contributed by atoms with Crippen molar-refractivity contribution in [3.63, 3.8) is 0 Å². The van der Waals surface area contributed by atoms with Gasteiger partial charge in [-0.1, -0.05) is 26.0 Å². The topological polar surface area (TPSA) is 43.8 Å². The molecule has 1 aromatic heterocycles. The van der Waals surface area contributed by atoms with E-state index in [1.807, 2.05) is 25.1 Å². The van der Waals surface area contributed by atoms with Gasteiger partial charge in [-0.15, -0.1) is 0 Å². The van der Waals surface area contributed by atoms with E-state index in [2.05, 4.69) is 35.7 Å². The van der Waals surface area contributed by atoms with Gasteiger partial charge in [0.2, 0.25) is 0 Å². The van der Waals surface area contributed by atoms with Crippen molar-refractivity contribution in [2.45, 2.75) is 27.3 Å². The Morgan fingerprint density at radius 1 is 1.35 bits per heavy atom. The van der Waals surface area contributed by atoms with Crippen LogP contribution in [0.15, 0.2) is 30.5 Å². The smallest absolute Gasteiger partial charge is 0.140 e. The molecule has 0 radical (unpaired) electrons. The molecule has 2 rings (SSSR count). The molecule has 0 saturated heterocycles. The van der Waals surface area contributed by atoms with Gasteiger partial charge in [0.15, 0.2) is 0 Å². The lowest BCUT2D eigenvalue weighted by Crippen LogP contribution is -2.05. The van der Waals surface area contributed by atoms with Crippen LogP contribution in [0.4, 0.5) is 5.69 Å². The molecule has 0 atom stereocenters. The molecule has 2 N–H and O–H groups in total. The molecule has 1 heterocycles. The number of hydrogen-bond donors (Lipinski definition) is 1. The number of benzene rings is 1. The molecular weight excluding hydrogens is 210 g/mol. The third kappa shape index (κ3) is 2.67. The van der Waals surface area contributed by atoms with Crippen LogP contribution in [0.1, 0.15) is 19.5 Å². The summed E-state index contributed by atoms with van der Waals surface area (Å²) in [6.45, 7) is 7.41. The van der Waals surface area contributed by atoms with Crippen LogP contribution in [-0.2, 0) is 6.54 Å². The van der Waals surface area contributed by atoms with Crippen LogP contribution in [0.3, 0.4) is 0 Å². The Labute approximate surface area is 102 Å². The molecule has 0 aliphatic carbocycles. The maximum Gasteiger partial charge on any atom is 0.140 e. The number of nitrogens with two attached hydrogens (primary N) is 1. The number of anilines is 1. The summed E-state index contributed by atoms with van der Waals surface area (Å²) in [6.07, 6.45) is 2.10. The van der Waals surface area contributed by atoms with E-state index in [4.69, 9.17) is 5.73 Å². The normalized spacial score (nSPS) is 11.1. The van der Waals surface area contributed by atoms with Gasteiger partial charge in [0.05, 0.1) is 5.69 Å². The molecule has 3 heteroatoms. The van der Waals surface area contributed by atoms with Crippen molar-refractivity contribution >= 4 is 5.69 Å². The zero-order chi connectivity index (χ0) is 12.4. The summed E-state index contributed by atoms with van der Waals surface area (Å²) in [7, 11) is 0. The lowest BCUT2D eigenvalue weighted by Gasteiger charge is -2.10. The molecular formula is C14H19N3. The number of hydrogen-bond acceptors (Lipinski definition) is 2. The average Bonchev–Trinajstić information content (AvgIpc) is 2.58.